The van der Waals surface area contributed by atoms with E-state index in [4.69, 9.17) is 9.47 Å². The van der Waals surface area contributed by atoms with Crippen molar-refractivity contribution < 1.29 is 31.9 Å². The molecule has 0 fully saturated rings. The molecule has 2 aromatic carbocycles. The number of hydrogen-bond donors (Lipinski definition) is 1. The van der Waals surface area contributed by atoms with Gasteiger partial charge in [0.05, 0.1) is 12.3 Å². The molecule has 1 aromatic heterocycles. The summed E-state index contributed by atoms with van der Waals surface area (Å²) >= 11 is 0. The molecule has 1 N–H and O–H groups in total. The van der Waals surface area contributed by atoms with Gasteiger partial charge < -0.3 is 9.47 Å². The Morgan fingerprint density at radius 1 is 1.08 bits per heavy atom. The average molecular weight is 551 g/mol. The number of sulfonamides is 1. The summed E-state index contributed by atoms with van der Waals surface area (Å²) in [6, 6.07) is 10.9. The minimum absolute atomic E-state index is 0.0388. The standard InChI is InChI=1S/C29H27FN2O6S/c1-5-37-25-16-20(10-12-22(25)30)23-13-11-21(28(34)32-39(35,36)26-9-7-6-8-24(26)33)29(31-23)38-27-18(3)14-17(2)15-19(27)4/h6-7,9-16H,5,8H2,1-4H3,(H,32,34). The smallest absolute Gasteiger partial charge is 0.270 e. The van der Waals surface area contributed by atoms with Gasteiger partial charge in [0.2, 0.25) is 5.88 Å². The van der Waals surface area contributed by atoms with Crippen LogP contribution in [0.2, 0.25) is 0 Å². The van der Waals surface area contributed by atoms with Gasteiger partial charge in [-0.25, -0.2) is 22.5 Å². The van der Waals surface area contributed by atoms with Crippen molar-refractivity contribution in [3.05, 3.63) is 93.7 Å². The van der Waals surface area contributed by atoms with Gasteiger partial charge in [-0.2, -0.15) is 0 Å². The van der Waals surface area contributed by atoms with Crippen molar-refractivity contribution in [3.8, 4) is 28.6 Å². The Labute approximate surface area is 226 Å². The van der Waals surface area contributed by atoms with Crippen molar-refractivity contribution in [1.82, 2.24) is 9.71 Å². The highest BCUT2D eigenvalue weighted by molar-refractivity contribution is 7.95. The number of carbonyl (C=O) groups excluding carboxylic acids is 2. The van der Waals surface area contributed by atoms with Crippen molar-refractivity contribution in [2.45, 2.75) is 34.1 Å². The van der Waals surface area contributed by atoms with E-state index >= 15 is 0 Å². The van der Waals surface area contributed by atoms with Gasteiger partial charge in [-0.15, -0.1) is 0 Å². The predicted octanol–water partition coefficient (Wildman–Crippen LogP) is 5.48. The lowest BCUT2D eigenvalue weighted by molar-refractivity contribution is -0.114. The molecule has 0 spiro atoms. The maximum atomic E-state index is 14.2. The summed E-state index contributed by atoms with van der Waals surface area (Å²) in [5.74, 6) is -1.87. The topological polar surface area (TPSA) is 112 Å². The van der Waals surface area contributed by atoms with Crippen LogP contribution in [0.5, 0.6) is 17.4 Å². The monoisotopic (exact) mass is 550 g/mol. The molecule has 8 nitrogen and oxygen atoms in total. The second-order valence-corrected chi connectivity index (χ2v) is 10.6. The number of nitrogens with one attached hydrogen (secondary N) is 1. The number of ketones is 1. The number of aromatic nitrogens is 1. The van der Waals surface area contributed by atoms with Crippen molar-refractivity contribution in [2.24, 2.45) is 0 Å². The van der Waals surface area contributed by atoms with Crippen molar-refractivity contribution in [1.29, 1.82) is 0 Å². The summed E-state index contributed by atoms with van der Waals surface area (Å²) in [6.07, 6.45) is 4.02. The number of carbonyl (C=O) groups is 2. The number of amides is 1. The Kier molecular flexibility index (Phi) is 7.96. The average Bonchev–Trinajstić information content (AvgIpc) is 2.87. The SMILES string of the molecule is CCOc1cc(-c2ccc(C(=O)NS(=O)(=O)C3=CC=CCC3=O)c(Oc3c(C)cc(C)cc3C)n2)ccc1F. The first kappa shape index (κ1) is 27.7. The lowest BCUT2D eigenvalue weighted by atomic mass is 10.1. The third-order valence-corrected chi connectivity index (χ3v) is 7.31. The first-order valence-electron chi connectivity index (χ1n) is 12.2. The van der Waals surface area contributed by atoms with E-state index in [-0.39, 0.29) is 30.2 Å². The fraction of sp³-hybridized carbons (Fsp3) is 0.207. The minimum Gasteiger partial charge on any atom is -0.491 e. The quantitative estimate of drug-likeness (QED) is 0.396. The van der Waals surface area contributed by atoms with E-state index in [1.807, 2.05) is 37.6 Å². The fourth-order valence-electron chi connectivity index (χ4n) is 4.20. The van der Waals surface area contributed by atoms with Gasteiger partial charge >= 0.3 is 0 Å². The summed E-state index contributed by atoms with van der Waals surface area (Å²) in [7, 11) is -4.45. The zero-order valence-corrected chi connectivity index (χ0v) is 22.7. The zero-order chi connectivity index (χ0) is 28.3. The molecule has 0 saturated heterocycles. The summed E-state index contributed by atoms with van der Waals surface area (Å²) in [6.45, 7) is 7.61. The second-order valence-electron chi connectivity index (χ2n) is 8.98. The predicted molar refractivity (Wildman–Crippen MR) is 145 cm³/mol. The van der Waals surface area contributed by atoms with Crippen LogP contribution in [0.15, 0.2) is 65.6 Å². The maximum Gasteiger partial charge on any atom is 0.270 e. The number of rotatable bonds is 8. The number of pyridine rings is 1. The molecule has 0 radical (unpaired) electrons. The number of aryl methyl sites for hydroxylation is 3. The van der Waals surface area contributed by atoms with Crippen LogP contribution in [-0.4, -0.2) is 31.7 Å². The molecule has 0 aliphatic heterocycles. The number of benzene rings is 2. The van der Waals surface area contributed by atoms with Crippen LogP contribution in [0, 0.1) is 26.6 Å². The molecule has 0 unspecified atom stereocenters. The van der Waals surface area contributed by atoms with Crippen LogP contribution in [0.3, 0.4) is 0 Å². The van der Waals surface area contributed by atoms with Gasteiger partial charge in [0.25, 0.3) is 15.9 Å². The highest BCUT2D eigenvalue weighted by Gasteiger charge is 2.29. The summed E-state index contributed by atoms with van der Waals surface area (Å²) in [5.41, 5.74) is 3.23. The van der Waals surface area contributed by atoms with Crippen LogP contribution in [0.4, 0.5) is 4.39 Å². The normalized spacial score (nSPS) is 13.2. The van der Waals surface area contributed by atoms with Crippen molar-refractivity contribution in [2.75, 3.05) is 6.61 Å². The van der Waals surface area contributed by atoms with Gasteiger partial charge in [-0.3, -0.25) is 9.59 Å². The molecule has 0 atom stereocenters. The minimum atomic E-state index is -4.45. The Balaban J connectivity index is 1.79. The largest absolute Gasteiger partial charge is 0.491 e. The first-order chi connectivity index (χ1) is 18.5. The van der Waals surface area contributed by atoms with E-state index in [1.165, 1.54) is 42.5 Å². The summed E-state index contributed by atoms with van der Waals surface area (Å²) < 4.78 is 53.3. The Bertz CT molecular complexity index is 1620. The van der Waals surface area contributed by atoms with Crippen molar-refractivity contribution >= 4 is 21.7 Å². The van der Waals surface area contributed by atoms with E-state index in [2.05, 4.69) is 4.98 Å². The van der Waals surface area contributed by atoms with E-state index in [0.29, 0.717) is 17.0 Å². The summed E-state index contributed by atoms with van der Waals surface area (Å²) in [5, 5.41) is 0. The molecule has 39 heavy (non-hydrogen) atoms. The second kappa shape index (κ2) is 11.2. The molecule has 0 saturated carbocycles. The lowest BCUT2D eigenvalue weighted by Gasteiger charge is -2.16. The number of hydrogen-bond acceptors (Lipinski definition) is 7. The summed E-state index contributed by atoms with van der Waals surface area (Å²) in [4.78, 5) is 29.4. The van der Waals surface area contributed by atoms with E-state index in [9.17, 15) is 22.4 Å². The van der Waals surface area contributed by atoms with Crippen LogP contribution in [0.25, 0.3) is 11.3 Å². The number of halogens is 1. The van der Waals surface area contributed by atoms with Crippen molar-refractivity contribution in [3.63, 3.8) is 0 Å². The van der Waals surface area contributed by atoms with Gasteiger partial charge in [0.15, 0.2) is 17.3 Å². The van der Waals surface area contributed by atoms with Gasteiger partial charge in [0, 0.05) is 12.0 Å². The highest BCUT2D eigenvalue weighted by atomic mass is 32.2. The molecule has 1 heterocycles. The molecular weight excluding hydrogens is 523 g/mol. The molecule has 202 valence electrons. The van der Waals surface area contributed by atoms with Crippen LogP contribution in [0.1, 0.15) is 40.4 Å². The Morgan fingerprint density at radius 2 is 1.79 bits per heavy atom. The molecule has 1 aliphatic rings. The molecule has 10 heteroatoms. The third-order valence-electron chi connectivity index (χ3n) is 5.91. The molecule has 1 amide bonds. The molecule has 1 aliphatic carbocycles. The highest BCUT2D eigenvalue weighted by Crippen LogP contribution is 2.33. The number of Topliss-reactive ketones (excluding diaryl/α,β-unsaturated/α-hetero) is 1. The van der Waals surface area contributed by atoms with Crippen LogP contribution in [-0.2, 0) is 14.8 Å². The molecule has 4 rings (SSSR count). The van der Waals surface area contributed by atoms with Gasteiger partial charge in [0.1, 0.15) is 16.2 Å². The number of allylic oxidation sites excluding steroid dienone is 4. The molecular formula is C29H27FN2O6S. The molecule has 0 bridgehead atoms. The number of nitrogens with zero attached hydrogens (tertiary/aromatic N) is 1. The van der Waals surface area contributed by atoms with E-state index in [1.54, 1.807) is 6.92 Å². The third kappa shape index (κ3) is 6.06. The Morgan fingerprint density at radius 3 is 2.46 bits per heavy atom. The van der Waals surface area contributed by atoms with Crippen LogP contribution < -0.4 is 14.2 Å². The zero-order valence-electron chi connectivity index (χ0n) is 21.9. The van der Waals surface area contributed by atoms with E-state index < -0.39 is 32.4 Å². The number of ether oxygens (including phenoxy) is 2. The molecule has 3 aromatic rings. The van der Waals surface area contributed by atoms with Gasteiger partial charge in [-0.05, 0) is 75.2 Å². The fourth-order valence-corrected chi connectivity index (χ4v) is 5.31. The maximum absolute atomic E-state index is 14.2. The lowest BCUT2D eigenvalue weighted by Crippen LogP contribution is -2.34. The Hall–Kier alpha value is -4.31. The van der Waals surface area contributed by atoms with Crippen LogP contribution >= 0.6 is 0 Å². The van der Waals surface area contributed by atoms with E-state index in [0.717, 1.165) is 22.8 Å². The first-order valence-corrected chi connectivity index (χ1v) is 13.6. The van der Waals surface area contributed by atoms with Gasteiger partial charge in [-0.1, -0.05) is 29.8 Å².